The molecular formula is C2HF4NaO3S. The first-order valence-electron chi connectivity index (χ1n) is 1.81. The van der Waals surface area contributed by atoms with Gasteiger partial charge in [-0.2, -0.15) is 8.78 Å². The van der Waals surface area contributed by atoms with Crippen molar-refractivity contribution < 1.29 is 60.1 Å². The Morgan fingerprint density at radius 3 is 1.55 bits per heavy atom. The van der Waals surface area contributed by atoms with Crippen molar-refractivity contribution >= 4 is 10.1 Å². The van der Waals surface area contributed by atoms with Gasteiger partial charge in [-0.15, -0.1) is 0 Å². The summed E-state index contributed by atoms with van der Waals surface area (Å²) < 4.78 is 72.7. The predicted molar refractivity (Wildman–Crippen MR) is 20.6 cm³/mol. The molecule has 0 aliphatic rings. The van der Waals surface area contributed by atoms with Gasteiger partial charge in [-0.3, -0.25) is 0 Å². The van der Waals surface area contributed by atoms with E-state index >= 15 is 0 Å². The molecule has 0 heterocycles. The Hall–Kier alpha value is 0.630. The summed E-state index contributed by atoms with van der Waals surface area (Å²) >= 11 is 0. The van der Waals surface area contributed by atoms with E-state index in [-0.39, 0.29) is 29.6 Å². The van der Waals surface area contributed by atoms with Crippen molar-refractivity contribution in [3.8, 4) is 0 Å². The smallest absolute Gasteiger partial charge is 0.743 e. The SMILES string of the molecule is O=S(=O)([O-])C(F)(F)C(F)F.[Na+]. The molecule has 0 aliphatic heterocycles. The molecule has 0 fully saturated rings. The second kappa shape index (κ2) is 4.04. The molecule has 3 nitrogen and oxygen atoms in total. The Morgan fingerprint density at radius 1 is 1.27 bits per heavy atom. The van der Waals surface area contributed by atoms with Crippen LogP contribution in [0.25, 0.3) is 0 Å². The summed E-state index contributed by atoms with van der Waals surface area (Å²) in [6.45, 7) is 0. The van der Waals surface area contributed by atoms with Crippen LogP contribution in [-0.4, -0.2) is 24.7 Å². The minimum Gasteiger partial charge on any atom is -0.743 e. The van der Waals surface area contributed by atoms with Gasteiger partial charge in [-0.05, 0) is 0 Å². The maximum atomic E-state index is 11.4. The molecule has 0 rings (SSSR count). The Balaban J connectivity index is 0. The molecular weight excluding hydrogens is 203 g/mol. The fourth-order valence-electron chi connectivity index (χ4n) is 0.109. The van der Waals surface area contributed by atoms with E-state index in [1.54, 1.807) is 0 Å². The zero-order chi connectivity index (χ0) is 8.58. The fraction of sp³-hybridized carbons (Fsp3) is 1.00. The third kappa shape index (κ3) is 3.24. The molecule has 9 heteroatoms. The van der Waals surface area contributed by atoms with Crippen molar-refractivity contribution in [2.24, 2.45) is 0 Å². The molecule has 0 amide bonds. The molecule has 0 N–H and O–H groups in total. The number of rotatable bonds is 2. The topological polar surface area (TPSA) is 57.2 Å². The van der Waals surface area contributed by atoms with Gasteiger partial charge in [-0.1, -0.05) is 0 Å². The van der Waals surface area contributed by atoms with Gasteiger partial charge >= 0.3 is 41.2 Å². The van der Waals surface area contributed by atoms with E-state index in [2.05, 4.69) is 0 Å². The molecule has 0 aromatic heterocycles. The summed E-state index contributed by atoms with van der Waals surface area (Å²) in [5, 5.41) is -5.48. The zero-order valence-electron chi connectivity index (χ0n) is 5.22. The van der Waals surface area contributed by atoms with Crippen LogP contribution in [0.1, 0.15) is 0 Å². The molecule has 0 atom stereocenters. The van der Waals surface area contributed by atoms with E-state index < -0.39 is 21.8 Å². The van der Waals surface area contributed by atoms with Crippen LogP contribution in [0, 0.1) is 0 Å². The molecule has 0 saturated carbocycles. The van der Waals surface area contributed by atoms with Crippen molar-refractivity contribution in [2.45, 2.75) is 11.7 Å². The second-order valence-electron chi connectivity index (χ2n) is 1.32. The Bertz CT molecular complexity index is 211. The van der Waals surface area contributed by atoms with Crippen LogP contribution in [-0.2, 0) is 10.1 Å². The Labute approximate surface area is 81.8 Å². The minimum absolute atomic E-state index is 0. The third-order valence-corrected chi connectivity index (χ3v) is 1.43. The van der Waals surface area contributed by atoms with Crippen LogP contribution >= 0.6 is 0 Å². The first kappa shape index (κ1) is 14.2. The maximum absolute atomic E-state index is 11.4. The number of hydrogen-bond acceptors (Lipinski definition) is 3. The fourth-order valence-corrected chi connectivity index (χ4v) is 0.327. The molecule has 11 heavy (non-hydrogen) atoms. The van der Waals surface area contributed by atoms with Crippen LogP contribution in [0.2, 0.25) is 0 Å². The summed E-state index contributed by atoms with van der Waals surface area (Å²) in [6.07, 6.45) is -4.48. The van der Waals surface area contributed by atoms with E-state index in [1.807, 2.05) is 0 Å². The average Bonchev–Trinajstić information content (AvgIpc) is 1.62. The standard InChI is InChI=1S/C2H2F4O3S.Na/c3-1(4)2(5,6)10(7,8)9;/h1H,(H,7,8,9);/q;+1/p-1. The Morgan fingerprint density at radius 2 is 1.55 bits per heavy atom. The van der Waals surface area contributed by atoms with Gasteiger partial charge in [-0.25, -0.2) is 17.2 Å². The summed E-state index contributed by atoms with van der Waals surface area (Å²) in [5.74, 6) is 0. The van der Waals surface area contributed by atoms with Gasteiger partial charge in [0.15, 0.2) is 10.1 Å². The van der Waals surface area contributed by atoms with Crippen LogP contribution in [0.15, 0.2) is 0 Å². The van der Waals surface area contributed by atoms with E-state index in [0.29, 0.717) is 0 Å². The van der Waals surface area contributed by atoms with E-state index in [4.69, 9.17) is 0 Å². The molecule has 0 aliphatic carbocycles. The quantitative estimate of drug-likeness (QED) is 0.281. The van der Waals surface area contributed by atoms with Crippen molar-refractivity contribution in [2.75, 3.05) is 0 Å². The molecule has 0 saturated heterocycles. The Kier molecular flexibility index (Phi) is 5.20. The van der Waals surface area contributed by atoms with Gasteiger partial charge in [0, 0.05) is 0 Å². The summed E-state index contributed by atoms with van der Waals surface area (Å²) in [5.41, 5.74) is 0. The number of alkyl halides is 4. The van der Waals surface area contributed by atoms with Crippen molar-refractivity contribution in [3.63, 3.8) is 0 Å². The molecule has 0 spiro atoms. The van der Waals surface area contributed by atoms with Crippen LogP contribution in [0.5, 0.6) is 0 Å². The van der Waals surface area contributed by atoms with Gasteiger partial charge in [0.2, 0.25) is 0 Å². The van der Waals surface area contributed by atoms with Crippen LogP contribution < -0.4 is 29.6 Å². The van der Waals surface area contributed by atoms with Gasteiger partial charge in [0.05, 0.1) is 0 Å². The van der Waals surface area contributed by atoms with Crippen molar-refractivity contribution in [3.05, 3.63) is 0 Å². The van der Waals surface area contributed by atoms with Crippen molar-refractivity contribution in [1.82, 2.24) is 0 Å². The number of halogens is 4. The largest absolute Gasteiger partial charge is 1.00 e. The molecule has 0 radical (unpaired) electrons. The normalized spacial score (nSPS) is 12.9. The van der Waals surface area contributed by atoms with Gasteiger partial charge in [0.25, 0.3) is 0 Å². The van der Waals surface area contributed by atoms with Crippen LogP contribution in [0.3, 0.4) is 0 Å². The molecule has 62 valence electrons. The predicted octanol–water partition coefficient (Wildman–Crippen LogP) is -2.61. The summed E-state index contributed by atoms with van der Waals surface area (Å²) in [7, 11) is -6.23. The molecule has 0 aromatic carbocycles. The maximum Gasteiger partial charge on any atom is 1.00 e. The first-order valence-corrected chi connectivity index (χ1v) is 3.22. The average molecular weight is 204 g/mol. The molecule has 0 unspecified atom stereocenters. The van der Waals surface area contributed by atoms with Crippen molar-refractivity contribution in [1.29, 1.82) is 0 Å². The minimum atomic E-state index is -6.23. The second-order valence-corrected chi connectivity index (χ2v) is 2.77. The zero-order valence-corrected chi connectivity index (χ0v) is 8.04. The summed E-state index contributed by atoms with van der Waals surface area (Å²) in [6, 6.07) is 0. The van der Waals surface area contributed by atoms with Crippen LogP contribution in [0.4, 0.5) is 17.6 Å². The van der Waals surface area contributed by atoms with E-state index in [1.165, 1.54) is 0 Å². The first-order chi connectivity index (χ1) is 4.19. The molecule has 0 aromatic rings. The van der Waals surface area contributed by atoms with Gasteiger partial charge in [0.1, 0.15) is 0 Å². The third-order valence-electron chi connectivity index (χ3n) is 0.587. The monoisotopic (exact) mass is 204 g/mol. The molecule has 0 bridgehead atoms. The number of hydrogen-bond donors (Lipinski definition) is 0. The summed E-state index contributed by atoms with van der Waals surface area (Å²) in [4.78, 5) is 0. The van der Waals surface area contributed by atoms with Gasteiger partial charge < -0.3 is 4.55 Å². The van der Waals surface area contributed by atoms with E-state index in [0.717, 1.165) is 0 Å². The van der Waals surface area contributed by atoms with E-state index in [9.17, 15) is 30.5 Å².